The highest BCUT2D eigenvalue weighted by molar-refractivity contribution is 7.89. The molecule has 0 saturated heterocycles. The van der Waals surface area contributed by atoms with Crippen molar-refractivity contribution in [2.45, 2.75) is 11.8 Å². The van der Waals surface area contributed by atoms with Crippen molar-refractivity contribution in [3.8, 4) is 11.8 Å². The lowest BCUT2D eigenvalue weighted by atomic mass is 10.2. The van der Waals surface area contributed by atoms with Gasteiger partial charge >= 0.3 is 0 Å². The number of benzene rings is 1. The van der Waals surface area contributed by atoms with E-state index in [2.05, 4.69) is 21.9 Å². The molecule has 8 heteroatoms. The molecule has 21 heavy (non-hydrogen) atoms. The molecule has 3 N–H and O–H groups in total. The standard InChI is InChI=1S/C13H15FN2O4S/c1-10(18)15-6-7-16-21(19,20)12-5-4-11(3-2-8-17)13(14)9-12/h4-5,9,16-17H,6-8H2,1H3,(H,15,18). The van der Waals surface area contributed by atoms with Crippen LogP contribution in [-0.4, -0.2) is 39.1 Å². The van der Waals surface area contributed by atoms with Crippen molar-refractivity contribution in [1.29, 1.82) is 0 Å². The maximum atomic E-state index is 13.7. The smallest absolute Gasteiger partial charge is 0.240 e. The zero-order chi connectivity index (χ0) is 15.9. The topological polar surface area (TPSA) is 95.5 Å². The van der Waals surface area contributed by atoms with Crippen LogP contribution in [0.4, 0.5) is 4.39 Å². The number of hydrogen-bond donors (Lipinski definition) is 3. The molecule has 0 aliphatic carbocycles. The zero-order valence-electron chi connectivity index (χ0n) is 11.3. The fourth-order valence-electron chi connectivity index (χ4n) is 1.41. The second-order valence-electron chi connectivity index (χ2n) is 3.98. The van der Waals surface area contributed by atoms with E-state index in [0.717, 1.165) is 6.07 Å². The number of nitrogens with one attached hydrogen (secondary N) is 2. The first kappa shape index (κ1) is 17.1. The lowest BCUT2D eigenvalue weighted by Crippen LogP contribution is -2.33. The van der Waals surface area contributed by atoms with E-state index in [1.54, 1.807) is 0 Å². The van der Waals surface area contributed by atoms with Crippen LogP contribution >= 0.6 is 0 Å². The van der Waals surface area contributed by atoms with Crippen LogP contribution in [0.15, 0.2) is 23.1 Å². The van der Waals surface area contributed by atoms with Gasteiger partial charge in [0.25, 0.3) is 0 Å². The van der Waals surface area contributed by atoms with E-state index in [1.165, 1.54) is 19.1 Å². The Morgan fingerprint density at radius 1 is 1.38 bits per heavy atom. The molecule has 0 bridgehead atoms. The number of hydrogen-bond acceptors (Lipinski definition) is 4. The van der Waals surface area contributed by atoms with Crippen molar-refractivity contribution < 1.29 is 22.7 Å². The number of aliphatic hydroxyl groups is 1. The number of halogens is 1. The van der Waals surface area contributed by atoms with Gasteiger partial charge in [0.2, 0.25) is 15.9 Å². The first-order valence-electron chi connectivity index (χ1n) is 6.00. The molecule has 0 spiro atoms. The summed E-state index contributed by atoms with van der Waals surface area (Å²) >= 11 is 0. The van der Waals surface area contributed by atoms with Crippen molar-refractivity contribution in [3.63, 3.8) is 0 Å². The van der Waals surface area contributed by atoms with Crippen molar-refractivity contribution in [3.05, 3.63) is 29.6 Å². The molecule has 1 aromatic carbocycles. The first-order chi connectivity index (χ1) is 9.86. The fourth-order valence-corrected chi connectivity index (χ4v) is 2.45. The van der Waals surface area contributed by atoms with E-state index in [-0.39, 0.29) is 29.5 Å². The molecular weight excluding hydrogens is 299 g/mol. The fraction of sp³-hybridized carbons (Fsp3) is 0.308. The molecule has 0 aromatic heterocycles. The zero-order valence-corrected chi connectivity index (χ0v) is 12.1. The Hall–Kier alpha value is -1.95. The van der Waals surface area contributed by atoms with Crippen molar-refractivity contribution in [2.24, 2.45) is 0 Å². The Bertz CT molecular complexity index is 677. The van der Waals surface area contributed by atoms with E-state index >= 15 is 0 Å². The summed E-state index contributed by atoms with van der Waals surface area (Å²) < 4.78 is 39.7. The van der Waals surface area contributed by atoms with Crippen LogP contribution in [0.3, 0.4) is 0 Å². The number of sulfonamides is 1. The van der Waals surface area contributed by atoms with Crippen LogP contribution in [0, 0.1) is 17.7 Å². The average Bonchev–Trinajstić information content (AvgIpc) is 2.42. The summed E-state index contributed by atoms with van der Waals surface area (Å²) in [6.45, 7) is 1.03. The minimum atomic E-state index is -3.86. The second-order valence-corrected chi connectivity index (χ2v) is 5.75. The van der Waals surface area contributed by atoms with Crippen LogP contribution in [0.25, 0.3) is 0 Å². The monoisotopic (exact) mass is 314 g/mol. The SMILES string of the molecule is CC(=O)NCCNS(=O)(=O)c1ccc(C#CCO)c(F)c1. The molecule has 0 unspecified atom stereocenters. The van der Waals surface area contributed by atoms with Gasteiger partial charge in [-0.1, -0.05) is 11.8 Å². The summed E-state index contributed by atoms with van der Waals surface area (Å²) in [5, 5.41) is 11.0. The van der Waals surface area contributed by atoms with Crippen LogP contribution in [0.2, 0.25) is 0 Å². The summed E-state index contributed by atoms with van der Waals surface area (Å²) in [6, 6.07) is 3.29. The summed E-state index contributed by atoms with van der Waals surface area (Å²) in [4.78, 5) is 10.4. The maximum absolute atomic E-state index is 13.7. The highest BCUT2D eigenvalue weighted by Crippen LogP contribution is 2.14. The molecule has 0 saturated carbocycles. The maximum Gasteiger partial charge on any atom is 0.240 e. The Morgan fingerprint density at radius 3 is 2.67 bits per heavy atom. The molecule has 0 heterocycles. The average molecular weight is 314 g/mol. The normalized spacial score (nSPS) is 10.6. The molecule has 0 fully saturated rings. The second kappa shape index (κ2) is 7.73. The van der Waals surface area contributed by atoms with E-state index in [0.29, 0.717) is 0 Å². The molecule has 114 valence electrons. The number of carbonyl (C=O) groups excluding carboxylic acids is 1. The van der Waals surface area contributed by atoms with Gasteiger partial charge in [-0.3, -0.25) is 4.79 Å². The van der Waals surface area contributed by atoms with Crippen molar-refractivity contribution >= 4 is 15.9 Å². The third-order valence-corrected chi connectivity index (χ3v) is 3.80. The molecular formula is C13H15FN2O4S. The first-order valence-corrected chi connectivity index (χ1v) is 7.48. The van der Waals surface area contributed by atoms with Gasteiger partial charge in [-0.2, -0.15) is 0 Å². The third kappa shape index (κ3) is 5.51. The molecule has 0 atom stereocenters. The van der Waals surface area contributed by atoms with Crippen LogP contribution in [-0.2, 0) is 14.8 Å². The van der Waals surface area contributed by atoms with Gasteiger partial charge in [0, 0.05) is 20.0 Å². The van der Waals surface area contributed by atoms with Gasteiger partial charge in [0.05, 0.1) is 10.5 Å². The van der Waals surface area contributed by atoms with Crippen LogP contribution in [0.1, 0.15) is 12.5 Å². The van der Waals surface area contributed by atoms with Gasteiger partial charge in [-0.05, 0) is 18.2 Å². The number of carbonyl (C=O) groups is 1. The highest BCUT2D eigenvalue weighted by atomic mass is 32.2. The Morgan fingerprint density at radius 2 is 2.10 bits per heavy atom. The summed E-state index contributed by atoms with van der Waals surface area (Å²) in [5.74, 6) is 3.58. The molecule has 1 rings (SSSR count). The van der Waals surface area contributed by atoms with Gasteiger partial charge in [0.1, 0.15) is 12.4 Å². The van der Waals surface area contributed by atoms with Crippen LogP contribution in [0.5, 0.6) is 0 Å². The van der Waals surface area contributed by atoms with Crippen molar-refractivity contribution in [2.75, 3.05) is 19.7 Å². The van der Waals surface area contributed by atoms with Gasteiger partial charge in [-0.15, -0.1) is 0 Å². The van der Waals surface area contributed by atoms with Gasteiger partial charge < -0.3 is 10.4 Å². The summed E-state index contributed by atoms with van der Waals surface area (Å²) in [5.41, 5.74) is 0.00115. The molecule has 6 nitrogen and oxygen atoms in total. The molecule has 0 radical (unpaired) electrons. The summed E-state index contributed by atoms with van der Waals surface area (Å²) in [6.07, 6.45) is 0. The number of rotatable bonds is 5. The lowest BCUT2D eigenvalue weighted by Gasteiger charge is -2.07. The minimum Gasteiger partial charge on any atom is -0.384 e. The highest BCUT2D eigenvalue weighted by Gasteiger charge is 2.15. The predicted octanol–water partition coefficient (Wildman–Crippen LogP) is -0.416. The molecule has 1 amide bonds. The van der Waals surface area contributed by atoms with E-state index in [9.17, 15) is 17.6 Å². The van der Waals surface area contributed by atoms with Crippen molar-refractivity contribution in [1.82, 2.24) is 10.0 Å². The van der Waals surface area contributed by atoms with Crippen LogP contribution < -0.4 is 10.0 Å². The summed E-state index contributed by atoms with van der Waals surface area (Å²) in [7, 11) is -3.86. The quantitative estimate of drug-likeness (QED) is 0.508. The Labute approximate surface area is 122 Å². The number of amides is 1. The molecule has 0 aliphatic rings. The van der Waals surface area contributed by atoms with E-state index in [1.807, 2.05) is 0 Å². The Kier molecular flexibility index (Phi) is 6.30. The minimum absolute atomic E-state index is 0.00115. The number of aliphatic hydroxyl groups excluding tert-OH is 1. The Balaban J connectivity index is 2.79. The molecule has 1 aromatic rings. The molecule has 0 aliphatic heterocycles. The third-order valence-electron chi connectivity index (χ3n) is 2.34. The predicted molar refractivity (Wildman–Crippen MR) is 74.2 cm³/mol. The van der Waals surface area contributed by atoms with Gasteiger partial charge in [0.15, 0.2) is 0 Å². The van der Waals surface area contributed by atoms with E-state index in [4.69, 9.17) is 5.11 Å². The largest absolute Gasteiger partial charge is 0.384 e. The lowest BCUT2D eigenvalue weighted by molar-refractivity contribution is -0.118. The van der Waals surface area contributed by atoms with E-state index < -0.39 is 22.4 Å². The van der Waals surface area contributed by atoms with Gasteiger partial charge in [-0.25, -0.2) is 17.5 Å².